The standard InChI is InChI=1S/C23H27FN2O3/c1-15(25-22(27)16-2-5-20(24)6-3-16)18-4-7-21-19(14-18)8-11-26(21)23(28)17-9-12-29-13-10-17/h2-7,14-15,17,23,28H,8-13H2,1H3,(H,25,27). The topological polar surface area (TPSA) is 61.8 Å². The van der Waals surface area contributed by atoms with E-state index in [9.17, 15) is 14.3 Å². The molecule has 0 spiro atoms. The van der Waals surface area contributed by atoms with Gasteiger partial charge in [0.15, 0.2) is 0 Å². The van der Waals surface area contributed by atoms with Crippen molar-refractivity contribution >= 4 is 11.6 Å². The summed E-state index contributed by atoms with van der Waals surface area (Å²) in [5.74, 6) is -0.349. The number of anilines is 1. The molecule has 2 atom stereocenters. The van der Waals surface area contributed by atoms with Crippen molar-refractivity contribution in [3.63, 3.8) is 0 Å². The van der Waals surface area contributed by atoms with Gasteiger partial charge in [-0.15, -0.1) is 0 Å². The Morgan fingerprint density at radius 2 is 1.93 bits per heavy atom. The van der Waals surface area contributed by atoms with E-state index >= 15 is 0 Å². The first-order chi connectivity index (χ1) is 14.0. The largest absolute Gasteiger partial charge is 0.381 e. The number of nitrogens with zero attached hydrogens (tertiary/aromatic N) is 1. The van der Waals surface area contributed by atoms with Crippen LogP contribution in [0, 0.1) is 11.7 Å². The van der Waals surface area contributed by atoms with Gasteiger partial charge in [-0.2, -0.15) is 0 Å². The maximum Gasteiger partial charge on any atom is 0.251 e. The lowest BCUT2D eigenvalue weighted by molar-refractivity contribution is 0.00763. The van der Waals surface area contributed by atoms with Crippen molar-refractivity contribution in [1.82, 2.24) is 5.32 Å². The second-order valence-electron chi connectivity index (χ2n) is 7.90. The molecule has 1 fully saturated rings. The fourth-order valence-electron chi connectivity index (χ4n) is 4.22. The van der Waals surface area contributed by atoms with Gasteiger partial charge in [0.05, 0.1) is 6.04 Å². The summed E-state index contributed by atoms with van der Waals surface area (Å²) in [6.07, 6.45) is 2.17. The molecular weight excluding hydrogens is 371 g/mol. The van der Waals surface area contributed by atoms with E-state index in [0.29, 0.717) is 18.8 Å². The quantitative estimate of drug-likeness (QED) is 0.810. The Morgan fingerprint density at radius 3 is 2.66 bits per heavy atom. The molecule has 1 amide bonds. The van der Waals surface area contributed by atoms with Gasteiger partial charge in [-0.25, -0.2) is 4.39 Å². The Kier molecular flexibility index (Phi) is 5.83. The van der Waals surface area contributed by atoms with Crippen LogP contribution in [0.5, 0.6) is 0 Å². The zero-order valence-electron chi connectivity index (χ0n) is 16.6. The molecule has 154 valence electrons. The van der Waals surface area contributed by atoms with Crippen molar-refractivity contribution in [1.29, 1.82) is 0 Å². The van der Waals surface area contributed by atoms with Crippen LogP contribution >= 0.6 is 0 Å². The SMILES string of the molecule is CC(NC(=O)c1ccc(F)cc1)c1ccc2c(c1)CCN2C(O)C1CCOCC1. The van der Waals surface area contributed by atoms with Crippen LogP contribution in [0.1, 0.15) is 47.3 Å². The Bertz CT molecular complexity index is 865. The molecule has 2 unspecified atom stereocenters. The van der Waals surface area contributed by atoms with Crippen molar-refractivity contribution in [3.05, 3.63) is 65.0 Å². The molecule has 0 saturated carbocycles. The number of nitrogens with one attached hydrogen (secondary N) is 1. The maximum absolute atomic E-state index is 13.1. The Morgan fingerprint density at radius 1 is 1.21 bits per heavy atom. The minimum atomic E-state index is -0.485. The lowest BCUT2D eigenvalue weighted by Gasteiger charge is -2.34. The number of halogens is 1. The van der Waals surface area contributed by atoms with E-state index in [1.165, 1.54) is 29.8 Å². The number of carbonyl (C=O) groups is 1. The number of rotatable bonds is 5. The first-order valence-electron chi connectivity index (χ1n) is 10.2. The van der Waals surface area contributed by atoms with Crippen LogP contribution in [0.25, 0.3) is 0 Å². The van der Waals surface area contributed by atoms with Gasteiger partial charge >= 0.3 is 0 Å². The lowest BCUT2D eigenvalue weighted by atomic mass is 9.97. The maximum atomic E-state index is 13.1. The van der Waals surface area contributed by atoms with E-state index in [4.69, 9.17) is 4.74 Å². The minimum absolute atomic E-state index is 0.174. The minimum Gasteiger partial charge on any atom is -0.381 e. The molecule has 2 aromatic carbocycles. The van der Waals surface area contributed by atoms with Gasteiger partial charge < -0.3 is 20.1 Å². The zero-order chi connectivity index (χ0) is 20.4. The van der Waals surface area contributed by atoms with E-state index in [2.05, 4.69) is 16.3 Å². The molecule has 2 aromatic rings. The number of carbonyl (C=O) groups excluding carboxylic acids is 1. The molecule has 0 aliphatic carbocycles. The number of fused-ring (bicyclic) bond motifs is 1. The summed E-state index contributed by atoms with van der Waals surface area (Å²) in [4.78, 5) is 14.5. The number of hydrogen-bond acceptors (Lipinski definition) is 4. The summed E-state index contributed by atoms with van der Waals surface area (Å²) < 4.78 is 18.5. The van der Waals surface area contributed by atoms with E-state index in [1.807, 2.05) is 19.1 Å². The molecule has 2 aliphatic rings. The molecule has 0 radical (unpaired) electrons. The number of aliphatic hydroxyl groups excluding tert-OH is 1. The van der Waals surface area contributed by atoms with Crippen molar-refractivity contribution in [2.75, 3.05) is 24.7 Å². The molecular formula is C23H27FN2O3. The predicted molar refractivity (Wildman–Crippen MR) is 109 cm³/mol. The summed E-state index contributed by atoms with van der Waals surface area (Å²) in [5.41, 5.74) is 3.72. The van der Waals surface area contributed by atoms with E-state index in [0.717, 1.165) is 37.1 Å². The van der Waals surface area contributed by atoms with Gasteiger partial charge in [0.25, 0.3) is 5.91 Å². The fourth-order valence-corrected chi connectivity index (χ4v) is 4.22. The second-order valence-corrected chi connectivity index (χ2v) is 7.90. The predicted octanol–water partition coefficient (Wildman–Crippen LogP) is 3.42. The number of ether oxygens (including phenoxy) is 1. The molecule has 2 aliphatic heterocycles. The van der Waals surface area contributed by atoms with Crippen LogP contribution in [-0.4, -0.2) is 37.0 Å². The zero-order valence-corrected chi connectivity index (χ0v) is 16.6. The highest BCUT2D eigenvalue weighted by atomic mass is 19.1. The van der Waals surface area contributed by atoms with E-state index in [-0.39, 0.29) is 23.7 Å². The first-order valence-corrected chi connectivity index (χ1v) is 10.2. The summed E-state index contributed by atoms with van der Waals surface area (Å²) >= 11 is 0. The molecule has 29 heavy (non-hydrogen) atoms. The van der Waals surface area contributed by atoms with Crippen LogP contribution in [-0.2, 0) is 11.2 Å². The highest BCUT2D eigenvalue weighted by molar-refractivity contribution is 5.94. The molecule has 2 heterocycles. The fraction of sp³-hybridized carbons (Fsp3) is 0.435. The van der Waals surface area contributed by atoms with Crippen LogP contribution in [0.2, 0.25) is 0 Å². The third-order valence-corrected chi connectivity index (χ3v) is 6.00. The monoisotopic (exact) mass is 398 g/mol. The smallest absolute Gasteiger partial charge is 0.251 e. The van der Waals surface area contributed by atoms with Crippen molar-refractivity contribution in [2.24, 2.45) is 5.92 Å². The third kappa shape index (κ3) is 4.28. The molecule has 6 heteroatoms. The van der Waals surface area contributed by atoms with Gasteiger partial charge in [0.2, 0.25) is 0 Å². The van der Waals surface area contributed by atoms with Gasteiger partial charge in [-0.3, -0.25) is 4.79 Å². The Balaban J connectivity index is 1.44. The van der Waals surface area contributed by atoms with Crippen LogP contribution < -0.4 is 10.2 Å². The molecule has 5 nitrogen and oxygen atoms in total. The molecule has 4 rings (SSSR count). The molecule has 2 N–H and O–H groups in total. The lowest BCUT2D eigenvalue weighted by Crippen LogP contribution is -2.41. The van der Waals surface area contributed by atoms with Gasteiger partial charge in [0.1, 0.15) is 12.0 Å². The van der Waals surface area contributed by atoms with E-state index in [1.54, 1.807) is 0 Å². The number of aliphatic hydroxyl groups is 1. The Labute approximate surface area is 170 Å². The van der Waals surface area contributed by atoms with Crippen LogP contribution in [0.3, 0.4) is 0 Å². The molecule has 1 saturated heterocycles. The van der Waals surface area contributed by atoms with Crippen molar-refractivity contribution in [2.45, 2.75) is 38.5 Å². The molecule has 0 bridgehead atoms. The normalized spacial score (nSPS) is 18.9. The number of hydrogen-bond donors (Lipinski definition) is 2. The number of amides is 1. The number of benzene rings is 2. The van der Waals surface area contributed by atoms with Crippen LogP contribution in [0.4, 0.5) is 10.1 Å². The Hall–Kier alpha value is -2.44. The summed E-state index contributed by atoms with van der Waals surface area (Å²) in [7, 11) is 0. The summed E-state index contributed by atoms with van der Waals surface area (Å²) in [6.45, 7) is 4.17. The van der Waals surface area contributed by atoms with Gasteiger partial charge in [-0.1, -0.05) is 12.1 Å². The highest BCUT2D eigenvalue weighted by Gasteiger charge is 2.31. The second kappa shape index (κ2) is 8.51. The first kappa shape index (κ1) is 19.9. The van der Waals surface area contributed by atoms with Crippen molar-refractivity contribution in [3.8, 4) is 0 Å². The van der Waals surface area contributed by atoms with Gasteiger partial charge in [-0.05, 0) is 67.6 Å². The average Bonchev–Trinajstić information content (AvgIpc) is 3.17. The van der Waals surface area contributed by atoms with Crippen molar-refractivity contribution < 1.29 is 19.0 Å². The van der Waals surface area contributed by atoms with Gasteiger partial charge in [0, 0.05) is 36.9 Å². The average molecular weight is 398 g/mol. The third-order valence-electron chi connectivity index (χ3n) is 6.00. The summed E-state index contributed by atoms with van der Waals surface area (Å²) in [6, 6.07) is 11.5. The summed E-state index contributed by atoms with van der Waals surface area (Å²) in [5, 5.41) is 13.8. The molecule has 0 aromatic heterocycles. The highest BCUT2D eigenvalue weighted by Crippen LogP contribution is 2.34. The van der Waals surface area contributed by atoms with E-state index < -0.39 is 6.23 Å². The van der Waals surface area contributed by atoms with Crippen LogP contribution in [0.15, 0.2) is 42.5 Å².